The molecule has 0 aliphatic carbocycles. The van der Waals surface area contributed by atoms with Crippen LogP contribution in [0.2, 0.25) is 0 Å². The molecule has 4 atom stereocenters. The van der Waals surface area contributed by atoms with Crippen molar-refractivity contribution in [2.24, 2.45) is 5.73 Å². The third kappa shape index (κ3) is 28.0. The van der Waals surface area contributed by atoms with Crippen molar-refractivity contribution in [3.05, 3.63) is 0 Å². The van der Waals surface area contributed by atoms with Gasteiger partial charge in [-0.2, -0.15) is 0 Å². The van der Waals surface area contributed by atoms with Gasteiger partial charge in [-0.15, -0.1) is 0 Å². The number of aliphatic hydroxyl groups excluding tert-OH is 1. The summed E-state index contributed by atoms with van der Waals surface area (Å²) < 4.78 is 31.8. The van der Waals surface area contributed by atoms with E-state index in [4.69, 9.17) is 20.3 Å². The van der Waals surface area contributed by atoms with Gasteiger partial charge in [0.1, 0.15) is 12.1 Å². The number of phosphoric acid groups is 1. The lowest BCUT2D eigenvalue weighted by molar-refractivity contribution is -0.139. The number of aliphatic carboxylic acids is 1. The van der Waals surface area contributed by atoms with E-state index in [2.05, 4.69) is 16.0 Å². The van der Waals surface area contributed by atoms with Gasteiger partial charge in [0.05, 0.1) is 32.5 Å². The minimum atomic E-state index is -4.52. The molecule has 0 spiro atoms. The van der Waals surface area contributed by atoms with Crippen molar-refractivity contribution in [2.45, 2.75) is 154 Å². The molecule has 0 saturated carbocycles. The molecule has 5 N–H and O–H groups in total. The number of carbonyl (C=O) groups is 1. The first-order chi connectivity index (χ1) is 19.7. The zero-order valence-electron chi connectivity index (χ0n) is 26.0. The van der Waals surface area contributed by atoms with Gasteiger partial charge in [0.15, 0.2) is 0 Å². The highest BCUT2D eigenvalue weighted by Crippen LogP contribution is 2.43. The van der Waals surface area contributed by atoms with Gasteiger partial charge in [-0.3, -0.25) is 13.8 Å². The third-order valence-electron chi connectivity index (χ3n) is 7.24. The monoisotopic (exact) mass is 611 g/mol. The molecule has 246 valence electrons. The number of phosphoric ester groups is 1. The summed E-state index contributed by atoms with van der Waals surface area (Å²) in [6.07, 6.45) is 25.2. The van der Waals surface area contributed by atoms with Gasteiger partial charge in [0.25, 0.3) is 0 Å². The average molecular weight is 612 g/mol. The summed E-state index contributed by atoms with van der Waals surface area (Å²) in [6, 6.07) is -1.45. The first-order valence-electron chi connectivity index (χ1n) is 16.1. The van der Waals surface area contributed by atoms with E-state index in [0.29, 0.717) is 6.61 Å². The smallest absolute Gasteiger partial charge is 0.472 e. The fraction of sp³-hybridized carbons (Fsp3) is 0.967. The highest BCUT2D eigenvalue weighted by molar-refractivity contribution is 7.47. The third-order valence-corrected chi connectivity index (χ3v) is 8.19. The lowest BCUT2D eigenvalue weighted by Crippen LogP contribution is -2.34. The van der Waals surface area contributed by atoms with Gasteiger partial charge < -0.3 is 30.3 Å². The van der Waals surface area contributed by atoms with Crippen molar-refractivity contribution in [2.75, 3.05) is 33.5 Å². The number of rotatable bonds is 32. The Morgan fingerprint density at radius 2 is 1.12 bits per heavy atom. The quantitative estimate of drug-likeness (QED) is 0.0474. The topological polar surface area (TPSA) is 158 Å². The molecule has 0 aliphatic rings. The Labute approximate surface area is 249 Å². The summed E-state index contributed by atoms with van der Waals surface area (Å²) in [5.74, 6) is -1.37. The molecule has 4 unspecified atom stereocenters. The summed E-state index contributed by atoms with van der Waals surface area (Å²) in [5.41, 5.74) is 5.21. The van der Waals surface area contributed by atoms with Crippen molar-refractivity contribution in [1.29, 1.82) is 0 Å². The number of carboxylic acid groups (broad SMARTS) is 1. The van der Waals surface area contributed by atoms with Crippen LogP contribution in [0.25, 0.3) is 0 Å². The number of ether oxygens (including phenoxy) is 2. The normalized spacial score (nSPS) is 15.4. The van der Waals surface area contributed by atoms with Gasteiger partial charge >= 0.3 is 13.8 Å². The number of carboxylic acids is 1. The van der Waals surface area contributed by atoms with Crippen molar-refractivity contribution < 1.29 is 43.0 Å². The molecule has 0 fully saturated rings. The molecule has 0 aromatic carbocycles. The predicted octanol–water partition coefficient (Wildman–Crippen LogP) is 6.75. The number of hydrogen-bond donors (Lipinski definition) is 4. The van der Waals surface area contributed by atoms with E-state index in [9.17, 15) is 19.4 Å². The maximum atomic E-state index is 11.7. The summed E-state index contributed by atoms with van der Waals surface area (Å²) >= 11 is 0. The Morgan fingerprint density at radius 1 is 0.707 bits per heavy atom. The molecular formula is C30H62NO9P. The van der Waals surface area contributed by atoms with Crippen LogP contribution in [0, 0.1) is 0 Å². The maximum absolute atomic E-state index is 11.7. The van der Waals surface area contributed by atoms with Gasteiger partial charge in [0.2, 0.25) is 0 Å². The van der Waals surface area contributed by atoms with E-state index in [1.807, 2.05) is 0 Å². The first-order valence-corrected chi connectivity index (χ1v) is 17.6. The molecule has 0 rings (SSSR count). The molecule has 0 aromatic heterocycles. The summed E-state index contributed by atoms with van der Waals surface area (Å²) in [7, 11) is -2.90. The molecule has 0 bridgehead atoms. The average Bonchev–Trinajstić information content (AvgIpc) is 2.95. The number of aliphatic hydroxyl groups is 1. The minimum absolute atomic E-state index is 0.0845. The van der Waals surface area contributed by atoms with Crippen molar-refractivity contribution >= 4 is 13.8 Å². The second kappa shape index (κ2) is 28.2. The molecule has 41 heavy (non-hydrogen) atoms. The van der Waals surface area contributed by atoms with Crippen LogP contribution in [0.4, 0.5) is 0 Å². The maximum Gasteiger partial charge on any atom is 0.472 e. The SMILES string of the molecule is CCCCCCCCCCCCCCCCCCCCCC(COCC(O)COP(=O)(O)OCC(N)C(=O)O)OC. The predicted molar refractivity (Wildman–Crippen MR) is 163 cm³/mol. The largest absolute Gasteiger partial charge is 0.480 e. The van der Waals surface area contributed by atoms with Crippen molar-refractivity contribution in [1.82, 2.24) is 0 Å². The fourth-order valence-electron chi connectivity index (χ4n) is 4.57. The van der Waals surface area contributed by atoms with Crippen LogP contribution in [-0.4, -0.2) is 72.9 Å². The van der Waals surface area contributed by atoms with E-state index in [1.165, 1.54) is 109 Å². The molecule has 10 nitrogen and oxygen atoms in total. The second-order valence-corrected chi connectivity index (χ2v) is 12.7. The second-order valence-electron chi connectivity index (χ2n) is 11.2. The number of unbranched alkanes of at least 4 members (excludes halogenated alkanes) is 18. The Morgan fingerprint density at radius 3 is 1.54 bits per heavy atom. The van der Waals surface area contributed by atoms with E-state index in [1.54, 1.807) is 7.11 Å². The van der Waals surface area contributed by atoms with Crippen molar-refractivity contribution in [3.63, 3.8) is 0 Å². The van der Waals surface area contributed by atoms with Crippen LogP contribution >= 0.6 is 7.82 Å². The van der Waals surface area contributed by atoms with Gasteiger partial charge in [0, 0.05) is 7.11 Å². The Balaban J connectivity index is 3.56. The number of hydrogen-bond acceptors (Lipinski definition) is 8. The van der Waals surface area contributed by atoms with E-state index in [-0.39, 0.29) is 12.7 Å². The molecular weight excluding hydrogens is 549 g/mol. The molecule has 0 aliphatic heterocycles. The van der Waals surface area contributed by atoms with Crippen LogP contribution in [-0.2, 0) is 27.9 Å². The Bertz CT molecular complexity index is 641. The summed E-state index contributed by atoms with van der Waals surface area (Å²) in [5, 5.41) is 18.6. The molecule has 0 heterocycles. The standard InChI is InChI=1S/C30H62NO9P/c1-3-4-5-6-7-8-9-10-11-12-13-14-15-16-17-18-19-20-21-22-28(37-2)25-38-23-27(32)24-39-41(35,36)40-26-29(31)30(33)34/h27-29,32H,3-26,31H2,1-2H3,(H,33,34)(H,35,36). The highest BCUT2D eigenvalue weighted by atomic mass is 31.2. The van der Waals surface area contributed by atoms with Crippen molar-refractivity contribution in [3.8, 4) is 0 Å². The molecule has 0 amide bonds. The summed E-state index contributed by atoms with van der Waals surface area (Å²) in [6.45, 7) is 1.27. The van der Waals surface area contributed by atoms with E-state index in [0.717, 1.165) is 19.3 Å². The highest BCUT2D eigenvalue weighted by Gasteiger charge is 2.25. The lowest BCUT2D eigenvalue weighted by atomic mass is 10.0. The number of nitrogens with two attached hydrogens (primary N) is 1. The van der Waals surface area contributed by atoms with Gasteiger partial charge in [-0.1, -0.05) is 129 Å². The van der Waals surface area contributed by atoms with Crippen LogP contribution in [0.15, 0.2) is 0 Å². The van der Waals surface area contributed by atoms with Crippen LogP contribution in [0.3, 0.4) is 0 Å². The van der Waals surface area contributed by atoms with Crippen LogP contribution < -0.4 is 5.73 Å². The van der Waals surface area contributed by atoms with E-state index < -0.39 is 39.2 Å². The number of methoxy groups -OCH3 is 1. The van der Waals surface area contributed by atoms with Crippen LogP contribution in [0.1, 0.15) is 135 Å². The van der Waals surface area contributed by atoms with Gasteiger partial charge in [-0.05, 0) is 6.42 Å². The van der Waals surface area contributed by atoms with Crippen LogP contribution in [0.5, 0.6) is 0 Å². The Hall–Kier alpha value is -0.580. The fourth-order valence-corrected chi connectivity index (χ4v) is 5.35. The molecule has 0 radical (unpaired) electrons. The van der Waals surface area contributed by atoms with E-state index >= 15 is 0 Å². The molecule has 0 aromatic rings. The summed E-state index contributed by atoms with van der Waals surface area (Å²) in [4.78, 5) is 20.1. The Kier molecular flexibility index (Phi) is 27.8. The molecule has 0 saturated heterocycles. The first kappa shape index (κ1) is 40.4. The zero-order chi connectivity index (χ0) is 30.6. The minimum Gasteiger partial charge on any atom is -0.480 e. The lowest BCUT2D eigenvalue weighted by Gasteiger charge is -2.18. The zero-order valence-corrected chi connectivity index (χ0v) is 26.9. The molecule has 11 heteroatoms. The van der Waals surface area contributed by atoms with Gasteiger partial charge in [-0.25, -0.2) is 4.57 Å².